The lowest BCUT2D eigenvalue weighted by Crippen LogP contribution is -2.49. The first-order chi connectivity index (χ1) is 8.58. The molecule has 1 N–H and O–H groups in total. The van der Waals surface area contributed by atoms with Crippen LogP contribution in [0.5, 0.6) is 0 Å². The molecule has 0 aromatic carbocycles. The molecule has 19 heavy (non-hydrogen) atoms. The fourth-order valence-electron chi connectivity index (χ4n) is 2.34. The number of rotatable bonds is 4. The molecule has 1 aliphatic heterocycles. The monoisotopic (exact) mass is 290 g/mol. The van der Waals surface area contributed by atoms with Gasteiger partial charge in [-0.15, -0.1) is 0 Å². The van der Waals surface area contributed by atoms with Crippen LogP contribution in [0.3, 0.4) is 0 Å². The molecule has 0 aromatic heterocycles. The summed E-state index contributed by atoms with van der Waals surface area (Å²) >= 11 is 0. The van der Waals surface area contributed by atoms with E-state index < -0.39 is 10.0 Å². The summed E-state index contributed by atoms with van der Waals surface area (Å²) in [6.45, 7) is 7.19. The highest BCUT2D eigenvalue weighted by Crippen LogP contribution is 2.24. The highest BCUT2D eigenvalue weighted by molar-refractivity contribution is 7.88. The third-order valence-corrected chi connectivity index (χ3v) is 3.90. The zero-order valence-corrected chi connectivity index (χ0v) is 13.2. The second kappa shape index (κ2) is 6.22. The smallest absolute Gasteiger partial charge is 0.223 e. The molecule has 0 aromatic rings. The normalized spacial score (nSPS) is 21.5. The van der Waals surface area contributed by atoms with Gasteiger partial charge in [-0.25, -0.2) is 13.1 Å². The van der Waals surface area contributed by atoms with E-state index in [0.717, 1.165) is 32.1 Å². The van der Waals surface area contributed by atoms with E-state index in [1.165, 1.54) is 0 Å². The second-order valence-corrected chi connectivity index (χ2v) is 8.43. The Hall–Kier alpha value is -0.620. The summed E-state index contributed by atoms with van der Waals surface area (Å²) in [5.74, 6) is 0.132. The number of hydrogen-bond acceptors (Lipinski definition) is 3. The number of carbonyl (C=O) groups excluding carboxylic acids is 1. The van der Waals surface area contributed by atoms with E-state index in [1.807, 2.05) is 25.7 Å². The van der Waals surface area contributed by atoms with Crippen molar-refractivity contribution < 1.29 is 13.2 Å². The SMILES string of the molecule is CC(C)(C)CC(=O)N1CCCC[C@@H]1CNS(C)(=O)=O. The molecule has 1 aliphatic rings. The molecule has 0 saturated carbocycles. The molecule has 1 rings (SSSR count). The van der Waals surface area contributed by atoms with E-state index in [0.29, 0.717) is 13.0 Å². The van der Waals surface area contributed by atoms with Crippen LogP contribution in [0, 0.1) is 5.41 Å². The Balaban J connectivity index is 2.64. The van der Waals surface area contributed by atoms with Crippen LogP contribution in [0.2, 0.25) is 0 Å². The zero-order chi connectivity index (χ0) is 14.7. The second-order valence-electron chi connectivity index (χ2n) is 6.59. The zero-order valence-electron chi connectivity index (χ0n) is 12.4. The van der Waals surface area contributed by atoms with Crippen LogP contribution < -0.4 is 4.72 Å². The summed E-state index contributed by atoms with van der Waals surface area (Å²) in [6.07, 6.45) is 4.58. The predicted molar refractivity (Wildman–Crippen MR) is 76.3 cm³/mol. The lowest BCUT2D eigenvalue weighted by atomic mass is 9.90. The van der Waals surface area contributed by atoms with Gasteiger partial charge in [-0.05, 0) is 24.7 Å². The van der Waals surface area contributed by atoms with Crippen molar-refractivity contribution in [3.05, 3.63) is 0 Å². The minimum atomic E-state index is -3.20. The average Bonchev–Trinajstić information content (AvgIpc) is 2.23. The Labute approximate surface area is 116 Å². The molecule has 1 fully saturated rings. The van der Waals surface area contributed by atoms with Gasteiger partial charge in [-0.1, -0.05) is 20.8 Å². The quantitative estimate of drug-likeness (QED) is 0.850. The van der Waals surface area contributed by atoms with Crippen LogP contribution in [-0.4, -0.2) is 44.6 Å². The van der Waals surface area contributed by atoms with Crippen LogP contribution in [-0.2, 0) is 14.8 Å². The maximum absolute atomic E-state index is 12.3. The number of likely N-dealkylation sites (tertiary alicyclic amines) is 1. The van der Waals surface area contributed by atoms with Crippen LogP contribution in [0.15, 0.2) is 0 Å². The number of sulfonamides is 1. The third-order valence-electron chi connectivity index (χ3n) is 3.21. The minimum absolute atomic E-state index is 0.00155. The molecule has 1 saturated heterocycles. The van der Waals surface area contributed by atoms with Gasteiger partial charge >= 0.3 is 0 Å². The summed E-state index contributed by atoms with van der Waals surface area (Å²) in [6, 6.07) is -0.00155. The third kappa shape index (κ3) is 6.38. The predicted octanol–water partition coefficient (Wildman–Crippen LogP) is 1.35. The molecule has 0 aliphatic carbocycles. The molecular formula is C13H26N2O3S. The summed E-state index contributed by atoms with van der Waals surface area (Å²) in [4.78, 5) is 14.2. The number of amides is 1. The van der Waals surface area contributed by atoms with Crippen molar-refractivity contribution in [3.63, 3.8) is 0 Å². The Morgan fingerprint density at radius 3 is 2.47 bits per heavy atom. The van der Waals surface area contributed by atoms with Crippen molar-refractivity contribution in [2.24, 2.45) is 5.41 Å². The van der Waals surface area contributed by atoms with Crippen LogP contribution in [0.1, 0.15) is 46.5 Å². The van der Waals surface area contributed by atoms with Crippen molar-refractivity contribution in [3.8, 4) is 0 Å². The fraction of sp³-hybridized carbons (Fsp3) is 0.923. The summed E-state index contributed by atoms with van der Waals surface area (Å²) in [5, 5.41) is 0. The van der Waals surface area contributed by atoms with Crippen molar-refractivity contribution in [1.82, 2.24) is 9.62 Å². The highest BCUT2D eigenvalue weighted by Gasteiger charge is 2.29. The topological polar surface area (TPSA) is 66.5 Å². The van der Waals surface area contributed by atoms with Crippen molar-refractivity contribution in [1.29, 1.82) is 0 Å². The molecule has 0 unspecified atom stereocenters. The maximum Gasteiger partial charge on any atom is 0.223 e. The van der Waals surface area contributed by atoms with Crippen LogP contribution in [0.4, 0.5) is 0 Å². The van der Waals surface area contributed by atoms with Crippen LogP contribution >= 0.6 is 0 Å². The van der Waals surface area contributed by atoms with E-state index in [2.05, 4.69) is 4.72 Å². The van der Waals surface area contributed by atoms with Gasteiger partial charge in [0.05, 0.1) is 6.26 Å². The molecule has 0 spiro atoms. The maximum atomic E-state index is 12.3. The van der Waals surface area contributed by atoms with Gasteiger partial charge in [-0.2, -0.15) is 0 Å². The fourth-order valence-corrected chi connectivity index (χ4v) is 2.84. The first-order valence-electron chi connectivity index (χ1n) is 6.83. The molecule has 1 heterocycles. The average molecular weight is 290 g/mol. The van der Waals surface area contributed by atoms with Crippen LogP contribution in [0.25, 0.3) is 0 Å². The van der Waals surface area contributed by atoms with E-state index >= 15 is 0 Å². The van der Waals surface area contributed by atoms with Gasteiger partial charge in [0, 0.05) is 25.6 Å². The minimum Gasteiger partial charge on any atom is -0.338 e. The Morgan fingerprint density at radius 2 is 1.95 bits per heavy atom. The summed E-state index contributed by atoms with van der Waals surface area (Å²) in [7, 11) is -3.20. The molecular weight excluding hydrogens is 264 g/mol. The molecule has 1 amide bonds. The Kier molecular flexibility index (Phi) is 5.38. The van der Waals surface area contributed by atoms with Crippen molar-refractivity contribution >= 4 is 15.9 Å². The van der Waals surface area contributed by atoms with Gasteiger partial charge in [-0.3, -0.25) is 4.79 Å². The first kappa shape index (κ1) is 16.4. The largest absolute Gasteiger partial charge is 0.338 e. The Morgan fingerprint density at radius 1 is 1.32 bits per heavy atom. The van der Waals surface area contributed by atoms with Gasteiger partial charge in [0.15, 0.2) is 0 Å². The molecule has 0 radical (unpaired) electrons. The number of nitrogens with zero attached hydrogens (tertiary/aromatic N) is 1. The number of hydrogen-bond donors (Lipinski definition) is 1. The molecule has 6 heteroatoms. The van der Waals surface area contributed by atoms with Crippen molar-refractivity contribution in [2.75, 3.05) is 19.3 Å². The standard InChI is InChI=1S/C13H26N2O3S/c1-13(2,3)9-12(16)15-8-6-5-7-11(15)10-14-19(4,17)18/h11,14H,5-10H2,1-4H3/t11-/m1/s1. The summed E-state index contributed by atoms with van der Waals surface area (Å²) in [5.41, 5.74) is -0.0384. The van der Waals surface area contributed by atoms with Gasteiger partial charge in [0.1, 0.15) is 0 Å². The van der Waals surface area contributed by atoms with Crippen molar-refractivity contribution in [2.45, 2.75) is 52.5 Å². The van der Waals surface area contributed by atoms with E-state index in [1.54, 1.807) is 0 Å². The van der Waals surface area contributed by atoms with Gasteiger partial charge in [0.25, 0.3) is 0 Å². The highest BCUT2D eigenvalue weighted by atomic mass is 32.2. The molecule has 1 atom stereocenters. The first-order valence-corrected chi connectivity index (χ1v) is 8.72. The number of nitrogens with one attached hydrogen (secondary N) is 1. The molecule has 112 valence electrons. The summed E-state index contributed by atoms with van der Waals surface area (Å²) < 4.78 is 24.8. The van der Waals surface area contributed by atoms with Gasteiger partial charge < -0.3 is 4.90 Å². The van der Waals surface area contributed by atoms with E-state index in [4.69, 9.17) is 0 Å². The Bertz CT molecular complexity index is 412. The lowest BCUT2D eigenvalue weighted by Gasteiger charge is -2.37. The number of carbonyl (C=O) groups is 1. The van der Waals surface area contributed by atoms with Gasteiger partial charge in [0.2, 0.25) is 15.9 Å². The molecule has 5 nitrogen and oxygen atoms in total. The molecule has 0 bridgehead atoms. The lowest BCUT2D eigenvalue weighted by molar-refractivity contribution is -0.136. The van der Waals surface area contributed by atoms with E-state index in [-0.39, 0.29) is 17.4 Å². The van der Waals surface area contributed by atoms with E-state index in [9.17, 15) is 13.2 Å². The number of piperidine rings is 1.